The molecule has 0 unspecified atom stereocenters. The minimum absolute atomic E-state index is 0.0446. The molecule has 0 fully saturated rings. The molecule has 4 aromatic rings. The van der Waals surface area contributed by atoms with E-state index in [1.165, 1.54) is 16.9 Å². The van der Waals surface area contributed by atoms with Crippen LogP contribution in [0.25, 0.3) is 11.4 Å². The first-order chi connectivity index (χ1) is 15.9. The molecule has 1 amide bonds. The second kappa shape index (κ2) is 9.89. The van der Waals surface area contributed by atoms with Crippen molar-refractivity contribution >= 4 is 39.8 Å². The molecular formula is C25H27N5OS2. The van der Waals surface area contributed by atoms with Crippen LogP contribution in [0.1, 0.15) is 36.2 Å². The van der Waals surface area contributed by atoms with Gasteiger partial charge in [0.2, 0.25) is 5.91 Å². The lowest BCUT2D eigenvalue weighted by molar-refractivity contribution is -0.115. The van der Waals surface area contributed by atoms with Gasteiger partial charge in [-0.05, 0) is 38.8 Å². The molecule has 0 radical (unpaired) electrons. The molecule has 0 aliphatic heterocycles. The van der Waals surface area contributed by atoms with Gasteiger partial charge in [0.15, 0.2) is 16.1 Å². The molecule has 0 aliphatic carbocycles. The van der Waals surface area contributed by atoms with Gasteiger partial charge in [-0.2, -0.15) is 0 Å². The summed E-state index contributed by atoms with van der Waals surface area (Å²) >= 11 is 3.10. The Morgan fingerprint density at radius 1 is 1.09 bits per heavy atom. The van der Waals surface area contributed by atoms with Crippen LogP contribution in [-0.2, 0) is 17.1 Å². The van der Waals surface area contributed by atoms with Crippen LogP contribution in [0.5, 0.6) is 0 Å². The monoisotopic (exact) mass is 477 g/mol. The predicted octanol–water partition coefficient (Wildman–Crippen LogP) is 6.32. The number of thioether (sulfide) groups is 1. The Morgan fingerprint density at radius 2 is 1.79 bits per heavy atom. The van der Waals surface area contributed by atoms with E-state index in [0.717, 1.165) is 45.6 Å². The van der Waals surface area contributed by atoms with E-state index in [1.807, 2.05) is 49.6 Å². The van der Waals surface area contributed by atoms with Crippen LogP contribution < -0.4 is 4.90 Å². The van der Waals surface area contributed by atoms with Crippen molar-refractivity contribution in [3.05, 3.63) is 70.2 Å². The molecule has 8 heteroatoms. The molecule has 0 spiro atoms. The highest BCUT2D eigenvalue weighted by Crippen LogP contribution is 2.35. The fraction of sp³-hybridized carbons (Fsp3) is 0.280. The molecule has 0 bridgehead atoms. The minimum atomic E-state index is -0.0446. The smallest absolute Gasteiger partial charge is 0.230 e. The molecule has 0 aliphatic rings. The molecule has 4 rings (SSSR count). The number of aryl methyl sites for hydroxylation is 3. The van der Waals surface area contributed by atoms with Crippen molar-refractivity contribution < 1.29 is 4.79 Å². The summed E-state index contributed by atoms with van der Waals surface area (Å²) in [6.45, 7) is 10.6. The number of carbonyl (C=O) groups is 1. The van der Waals surface area contributed by atoms with E-state index in [2.05, 4.69) is 40.7 Å². The van der Waals surface area contributed by atoms with Crippen molar-refractivity contribution in [3.8, 4) is 11.4 Å². The van der Waals surface area contributed by atoms with Crippen LogP contribution in [-0.4, -0.2) is 25.7 Å². The van der Waals surface area contributed by atoms with Gasteiger partial charge in [-0.1, -0.05) is 59.8 Å². The normalized spacial score (nSPS) is 11.1. The number of carbonyl (C=O) groups excluding carboxylic acids is 1. The van der Waals surface area contributed by atoms with Gasteiger partial charge in [0.05, 0.1) is 11.4 Å². The number of aromatic nitrogens is 4. The van der Waals surface area contributed by atoms with E-state index in [9.17, 15) is 4.79 Å². The van der Waals surface area contributed by atoms with Gasteiger partial charge in [0.25, 0.3) is 0 Å². The summed E-state index contributed by atoms with van der Waals surface area (Å²) in [5.41, 5.74) is 6.20. The third-order valence-corrected chi connectivity index (χ3v) is 7.19. The van der Waals surface area contributed by atoms with Crippen molar-refractivity contribution in [2.45, 2.75) is 52.1 Å². The second-order valence-electron chi connectivity index (χ2n) is 7.93. The molecule has 0 saturated heterocycles. The lowest BCUT2D eigenvalue weighted by Gasteiger charge is -2.23. The molecule has 6 nitrogen and oxygen atoms in total. The summed E-state index contributed by atoms with van der Waals surface area (Å²) < 4.78 is 2.12. The summed E-state index contributed by atoms with van der Waals surface area (Å²) in [5, 5.41) is 12.4. The highest BCUT2D eigenvalue weighted by molar-refractivity contribution is 7.98. The lowest BCUT2D eigenvalue weighted by atomic mass is 10.0. The maximum Gasteiger partial charge on any atom is 0.230 e. The first kappa shape index (κ1) is 23.2. The van der Waals surface area contributed by atoms with Crippen molar-refractivity contribution in [1.82, 2.24) is 19.7 Å². The zero-order chi connectivity index (χ0) is 23.5. The minimum Gasteiger partial charge on any atom is -0.302 e. The maximum absolute atomic E-state index is 12.6. The van der Waals surface area contributed by atoms with Crippen LogP contribution in [0.2, 0.25) is 0 Å². The molecule has 2 aromatic carbocycles. The van der Waals surface area contributed by atoms with Crippen LogP contribution >= 0.6 is 23.1 Å². The highest BCUT2D eigenvalue weighted by Gasteiger charge is 2.22. The largest absolute Gasteiger partial charge is 0.302 e. The first-order valence-electron chi connectivity index (χ1n) is 10.8. The van der Waals surface area contributed by atoms with Gasteiger partial charge in [-0.25, -0.2) is 4.98 Å². The number of hydrogen-bond acceptors (Lipinski definition) is 6. The highest BCUT2D eigenvalue weighted by atomic mass is 32.2. The molecule has 2 heterocycles. The van der Waals surface area contributed by atoms with Crippen LogP contribution in [0.3, 0.4) is 0 Å². The third kappa shape index (κ3) is 4.86. The van der Waals surface area contributed by atoms with E-state index in [4.69, 9.17) is 4.98 Å². The van der Waals surface area contributed by atoms with Gasteiger partial charge in [0, 0.05) is 30.2 Å². The van der Waals surface area contributed by atoms with Crippen molar-refractivity contribution in [2.75, 3.05) is 4.90 Å². The quantitative estimate of drug-likeness (QED) is 0.291. The average molecular weight is 478 g/mol. The zero-order valence-electron chi connectivity index (χ0n) is 19.5. The van der Waals surface area contributed by atoms with Gasteiger partial charge in [0.1, 0.15) is 0 Å². The standard InChI is InChI=1S/C25H27N5OS2/c1-6-29-23(20-10-8-7-9-11-20)27-28-25(29)33-15-21-14-32-24(26-21)30(19(5)31)22-17(3)12-16(2)13-18(22)4/h7-14H,6,15H2,1-5H3. The SMILES string of the molecule is CCn1c(SCc2csc(N(C(C)=O)c3c(C)cc(C)cc3C)n2)nnc1-c1ccccc1. The summed E-state index contributed by atoms with van der Waals surface area (Å²) in [6, 6.07) is 14.3. The number of thiazole rings is 1. The third-order valence-electron chi connectivity index (χ3n) is 5.32. The Balaban J connectivity index is 1.56. The fourth-order valence-electron chi connectivity index (χ4n) is 4.00. The Kier molecular flexibility index (Phi) is 6.95. The number of rotatable bonds is 7. The van der Waals surface area contributed by atoms with Crippen LogP contribution in [0, 0.1) is 20.8 Å². The number of nitrogens with zero attached hydrogens (tertiary/aromatic N) is 5. The molecule has 2 aromatic heterocycles. The summed E-state index contributed by atoms with van der Waals surface area (Å²) in [6.07, 6.45) is 0. The van der Waals surface area contributed by atoms with Gasteiger partial charge < -0.3 is 4.57 Å². The zero-order valence-corrected chi connectivity index (χ0v) is 21.1. The number of benzene rings is 2. The topological polar surface area (TPSA) is 63.9 Å². The summed E-state index contributed by atoms with van der Waals surface area (Å²) in [5.74, 6) is 1.48. The second-order valence-corrected chi connectivity index (χ2v) is 9.71. The lowest BCUT2D eigenvalue weighted by Crippen LogP contribution is -2.24. The van der Waals surface area contributed by atoms with E-state index < -0.39 is 0 Å². The molecule has 0 saturated carbocycles. The average Bonchev–Trinajstić information content (AvgIpc) is 3.41. The van der Waals surface area contributed by atoms with Crippen LogP contribution in [0.15, 0.2) is 53.0 Å². The number of amides is 1. The van der Waals surface area contributed by atoms with Crippen LogP contribution in [0.4, 0.5) is 10.8 Å². The Hall–Kier alpha value is -2.97. The Labute approximate surface area is 202 Å². The molecule has 0 N–H and O–H groups in total. The Morgan fingerprint density at radius 3 is 2.42 bits per heavy atom. The summed E-state index contributed by atoms with van der Waals surface area (Å²) in [4.78, 5) is 19.1. The van der Waals surface area contributed by atoms with E-state index in [-0.39, 0.29) is 5.91 Å². The predicted molar refractivity (Wildman–Crippen MR) is 136 cm³/mol. The fourth-order valence-corrected chi connectivity index (χ4v) is 5.87. The van der Waals surface area contributed by atoms with E-state index in [1.54, 1.807) is 23.6 Å². The molecule has 33 heavy (non-hydrogen) atoms. The molecular weight excluding hydrogens is 450 g/mol. The Bertz CT molecular complexity index is 1260. The van der Waals surface area contributed by atoms with Gasteiger partial charge in [-0.3, -0.25) is 9.69 Å². The summed E-state index contributed by atoms with van der Waals surface area (Å²) in [7, 11) is 0. The molecule has 170 valence electrons. The number of anilines is 2. The van der Waals surface area contributed by atoms with Gasteiger partial charge >= 0.3 is 0 Å². The van der Waals surface area contributed by atoms with Crippen molar-refractivity contribution in [1.29, 1.82) is 0 Å². The first-order valence-corrected chi connectivity index (χ1v) is 12.7. The number of hydrogen-bond donors (Lipinski definition) is 0. The maximum atomic E-state index is 12.6. The van der Waals surface area contributed by atoms with E-state index >= 15 is 0 Å². The molecule has 0 atom stereocenters. The van der Waals surface area contributed by atoms with E-state index in [0.29, 0.717) is 10.9 Å². The van der Waals surface area contributed by atoms with Crippen molar-refractivity contribution in [2.24, 2.45) is 0 Å². The van der Waals surface area contributed by atoms with Gasteiger partial charge in [-0.15, -0.1) is 21.5 Å². The van der Waals surface area contributed by atoms with Crippen molar-refractivity contribution in [3.63, 3.8) is 0 Å².